The van der Waals surface area contributed by atoms with Gasteiger partial charge < -0.3 is 19.7 Å². The topological polar surface area (TPSA) is 50.8 Å². The van der Waals surface area contributed by atoms with Crippen LogP contribution in [0.1, 0.15) is 18.0 Å². The van der Waals surface area contributed by atoms with E-state index < -0.39 is 5.82 Å². The molecule has 1 atom stereocenters. The minimum absolute atomic E-state index is 0.0305. The zero-order valence-electron chi connectivity index (χ0n) is 13.9. The van der Waals surface area contributed by atoms with Crippen LogP contribution in [0.2, 0.25) is 0 Å². The molecule has 25 heavy (non-hydrogen) atoms. The van der Waals surface area contributed by atoms with Gasteiger partial charge in [-0.15, -0.1) is 0 Å². The second-order valence-corrected chi connectivity index (χ2v) is 5.67. The monoisotopic (exact) mass is 348 g/mol. The number of hydrogen-bond acceptors (Lipinski definition) is 3. The molecule has 0 aromatic heterocycles. The number of methoxy groups -OCH3 is 2. The highest BCUT2D eigenvalue weighted by Gasteiger charge is 2.33. The summed E-state index contributed by atoms with van der Waals surface area (Å²) in [5.74, 6) is -0.594. The van der Waals surface area contributed by atoms with E-state index in [1.54, 1.807) is 17.0 Å². The van der Waals surface area contributed by atoms with E-state index in [-0.39, 0.29) is 29.3 Å². The van der Waals surface area contributed by atoms with E-state index in [1.165, 1.54) is 32.4 Å². The zero-order chi connectivity index (χ0) is 18.0. The van der Waals surface area contributed by atoms with Gasteiger partial charge in [-0.05, 0) is 24.1 Å². The number of likely N-dealkylation sites (tertiary alicyclic amines) is 1. The van der Waals surface area contributed by atoms with Crippen molar-refractivity contribution >= 4 is 11.7 Å². The van der Waals surface area contributed by atoms with Crippen molar-refractivity contribution in [3.63, 3.8) is 0 Å². The SMILES string of the molecule is COc1cc(OC)c(NC(=O)N2CCC2c2ccc(F)cc2)cc1F. The number of ether oxygens (including phenoxy) is 2. The van der Waals surface area contributed by atoms with Crippen molar-refractivity contribution in [2.24, 2.45) is 0 Å². The predicted molar refractivity (Wildman–Crippen MR) is 89.0 cm³/mol. The fourth-order valence-corrected chi connectivity index (χ4v) is 2.81. The number of urea groups is 1. The molecule has 2 aromatic carbocycles. The molecule has 0 spiro atoms. The molecule has 1 aliphatic heterocycles. The standard InChI is InChI=1S/C18H18F2N2O3/c1-24-16-10-17(25-2)14(9-13(16)20)21-18(23)22-8-7-15(22)11-3-5-12(19)6-4-11/h3-6,9-10,15H,7-8H2,1-2H3,(H,21,23). The third-order valence-corrected chi connectivity index (χ3v) is 4.25. The molecule has 0 bridgehead atoms. The fraction of sp³-hybridized carbons (Fsp3) is 0.278. The van der Waals surface area contributed by atoms with E-state index in [4.69, 9.17) is 9.47 Å². The lowest BCUT2D eigenvalue weighted by Crippen LogP contribution is -2.47. The van der Waals surface area contributed by atoms with Gasteiger partial charge in [-0.1, -0.05) is 12.1 Å². The second-order valence-electron chi connectivity index (χ2n) is 5.67. The summed E-state index contributed by atoms with van der Waals surface area (Å²) < 4.78 is 37.0. The van der Waals surface area contributed by atoms with Crippen LogP contribution in [0.5, 0.6) is 11.5 Å². The molecule has 1 N–H and O–H groups in total. The third-order valence-electron chi connectivity index (χ3n) is 4.25. The van der Waals surface area contributed by atoms with Gasteiger partial charge in [-0.2, -0.15) is 0 Å². The first-order chi connectivity index (χ1) is 12.0. The Morgan fingerprint density at radius 3 is 2.36 bits per heavy atom. The van der Waals surface area contributed by atoms with Crippen molar-refractivity contribution in [2.75, 3.05) is 26.1 Å². The van der Waals surface area contributed by atoms with Gasteiger partial charge in [0.2, 0.25) is 0 Å². The van der Waals surface area contributed by atoms with Gasteiger partial charge in [0.1, 0.15) is 11.6 Å². The van der Waals surface area contributed by atoms with Gasteiger partial charge in [0.15, 0.2) is 11.6 Å². The Bertz CT molecular complexity index is 781. The van der Waals surface area contributed by atoms with Crippen molar-refractivity contribution in [3.05, 3.63) is 53.6 Å². The van der Waals surface area contributed by atoms with Crippen molar-refractivity contribution < 1.29 is 23.0 Å². The van der Waals surface area contributed by atoms with Gasteiger partial charge in [0.25, 0.3) is 0 Å². The summed E-state index contributed by atoms with van der Waals surface area (Å²) >= 11 is 0. The number of hydrogen-bond donors (Lipinski definition) is 1. The molecule has 0 radical (unpaired) electrons. The van der Waals surface area contributed by atoms with Crippen LogP contribution in [0.4, 0.5) is 19.3 Å². The maximum absolute atomic E-state index is 13.9. The summed E-state index contributed by atoms with van der Waals surface area (Å²) in [5, 5.41) is 2.66. The largest absolute Gasteiger partial charge is 0.494 e. The van der Waals surface area contributed by atoms with Crippen LogP contribution in [0, 0.1) is 11.6 Å². The van der Waals surface area contributed by atoms with Crippen LogP contribution >= 0.6 is 0 Å². The molecule has 132 valence electrons. The van der Waals surface area contributed by atoms with Crippen molar-refractivity contribution in [2.45, 2.75) is 12.5 Å². The van der Waals surface area contributed by atoms with Gasteiger partial charge in [-0.25, -0.2) is 13.6 Å². The average Bonchev–Trinajstić information content (AvgIpc) is 2.56. The highest BCUT2D eigenvalue weighted by Crippen LogP contribution is 2.36. The molecular formula is C18H18F2N2O3. The molecule has 1 saturated heterocycles. The molecule has 7 heteroatoms. The Hall–Kier alpha value is -2.83. The van der Waals surface area contributed by atoms with Crippen LogP contribution in [0.15, 0.2) is 36.4 Å². The first-order valence-electron chi connectivity index (χ1n) is 7.78. The highest BCUT2D eigenvalue weighted by atomic mass is 19.1. The Balaban J connectivity index is 1.76. The number of nitrogens with zero attached hydrogens (tertiary/aromatic N) is 1. The number of amides is 2. The first-order valence-corrected chi connectivity index (χ1v) is 7.78. The van der Waals surface area contributed by atoms with Crippen LogP contribution in [0.3, 0.4) is 0 Å². The lowest BCUT2D eigenvalue weighted by atomic mass is 9.95. The molecule has 1 heterocycles. The first kappa shape index (κ1) is 17.0. The van der Waals surface area contributed by atoms with Crippen molar-refractivity contribution in [1.82, 2.24) is 4.90 Å². The van der Waals surface area contributed by atoms with E-state index in [9.17, 15) is 13.6 Å². The summed E-state index contributed by atoms with van der Waals surface area (Å²) in [4.78, 5) is 14.1. The molecule has 1 fully saturated rings. The number of carbonyl (C=O) groups excluding carboxylic acids is 1. The molecule has 2 aromatic rings. The van der Waals surface area contributed by atoms with Crippen LogP contribution in [-0.2, 0) is 0 Å². The maximum Gasteiger partial charge on any atom is 0.322 e. The van der Waals surface area contributed by atoms with Crippen LogP contribution in [0.25, 0.3) is 0 Å². The summed E-state index contributed by atoms with van der Waals surface area (Å²) in [6.07, 6.45) is 0.785. The lowest BCUT2D eigenvalue weighted by molar-refractivity contribution is 0.126. The Kier molecular flexibility index (Phi) is 4.74. The lowest BCUT2D eigenvalue weighted by Gasteiger charge is -2.41. The number of benzene rings is 2. The van der Waals surface area contributed by atoms with Crippen molar-refractivity contribution in [1.29, 1.82) is 0 Å². The van der Waals surface area contributed by atoms with E-state index in [2.05, 4.69) is 5.32 Å². The van der Waals surface area contributed by atoms with E-state index in [0.29, 0.717) is 12.3 Å². The molecule has 5 nitrogen and oxygen atoms in total. The summed E-state index contributed by atoms with van der Waals surface area (Å²) in [6.45, 7) is 0.564. The minimum Gasteiger partial charge on any atom is -0.494 e. The highest BCUT2D eigenvalue weighted by molar-refractivity contribution is 5.92. The molecule has 1 unspecified atom stereocenters. The normalized spacial score (nSPS) is 16.2. The summed E-state index contributed by atoms with van der Waals surface area (Å²) in [5.41, 5.74) is 1.08. The number of carbonyl (C=O) groups is 1. The third kappa shape index (κ3) is 3.35. The van der Waals surface area contributed by atoms with E-state index >= 15 is 0 Å². The van der Waals surface area contributed by atoms with Gasteiger partial charge in [-0.3, -0.25) is 0 Å². The number of nitrogens with one attached hydrogen (secondary N) is 1. The summed E-state index contributed by atoms with van der Waals surface area (Å²) in [6, 6.07) is 8.08. The average molecular weight is 348 g/mol. The number of rotatable bonds is 4. The molecule has 2 amide bonds. The molecule has 0 saturated carbocycles. The summed E-state index contributed by atoms with van der Waals surface area (Å²) in [7, 11) is 2.77. The fourth-order valence-electron chi connectivity index (χ4n) is 2.81. The maximum atomic E-state index is 13.9. The minimum atomic E-state index is -0.600. The number of anilines is 1. The van der Waals surface area contributed by atoms with Crippen LogP contribution in [-0.4, -0.2) is 31.7 Å². The van der Waals surface area contributed by atoms with Gasteiger partial charge in [0, 0.05) is 18.7 Å². The van der Waals surface area contributed by atoms with E-state index in [1.807, 2.05) is 0 Å². The van der Waals surface area contributed by atoms with Crippen LogP contribution < -0.4 is 14.8 Å². The molecule has 3 rings (SSSR count). The molecule has 1 aliphatic rings. The zero-order valence-corrected chi connectivity index (χ0v) is 13.9. The molecule has 0 aliphatic carbocycles. The smallest absolute Gasteiger partial charge is 0.322 e. The Morgan fingerprint density at radius 2 is 1.80 bits per heavy atom. The van der Waals surface area contributed by atoms with Crippen molar-refractivity contribution in [3.8, 4) is 11.5 Å². The second kappa shape index (κ2) is 6.96. The Morgan fingerprint density at radius 1 is 1.12 bits per heavy atom. The van der Waals surface area contributed by atoms with E-state index in [0.717, 1.165) is 18.1 Å². The number of halogens is 2. The quantitative estimate of drug-likeness (QED) is 0.910. The molecular weight excluding hydrogens is 330 g/mol. The van der Waals surface area contributed by atoms with Gasteiger partial charge in [0.05, 0.1) is 25.9 Å². The van der Waals surface area contributed by atoms with Gasteiger partial charge >= 0.3 is 6.03 Å². The Labute approximate surface area is 144 Å². The predicted octanol–water partition coefficient (Wildman–Crippen LogP) is 3.96.